The van der Waals surface area contributed by atoms with E-state index in [4.69, 9.17) is 4.74 Å². The Bertz CT molecular complexity index is 365. The van der Waals surface area contributed by atoms with E-state index in [1.165, 1.54) is 0 Å². The smallest absolute Gasteiger partial charge is 0.139 e. The summed E-state index contributed by atoms with van der Waals surface area (Å²) >= 11 is 0. The second kappa shape index (κ2) is 5.49. The molecule has 1 aromatic heterocycles. The van der Waals surface area contributed by atoms with Gasteiger partial charge in [0, 0.05) is 25.4 Å². The van der Waals surface area contributed by atoms with Crippen LogP contribution in [0.4, 0.5) is 5.69 Å². The highest BCUT2D eigenvalue weighted by Gasteiger charge is 2.08. The average Bonchev–Trinajstić information content (AvgIpc) is 2.58. The first-order chi connectivity index (χ1) is 7.90. The fourth-order valence-corrected chi connectivity index (χ4v) is 1.75. The fourth-order valence-electron chi connectivity index (χ4n) is 1.75. The highest BCUT2D eigenvalue weighted by atomic mass is 16.5. The number of nitrogens with zero attached hydrogens (tertiary/aromatic N) is 3. The SMILES string of the molecule is CCOc1cncc(N2CC=NCCC2)c1. The lowest BCUT2D eigenvalue weighted by molar-refractivity contribution is 0.339. The summed E-state index contributed by atoms with van der Waals surface area (Å²) in [5.41, 5.74) is 1.11. The lowest BCUT2D eigenvalue weighted by atomic mass is 10.3. The maximum atomic E-state index is 5.45. The number of hydrogen-bond donors (Lipinski definition) is 0. The Morgan fingerprint density at radius 2 is 2.38 bits per heavy atom. The fraction of sp³-hybridized carbons (Fsp3) is 0.500. The Balaban J connectivity index is 2.12. The van der Waals surface area contributed by atoms with Gasteiger partial charge in [-0.2, -0.15) is 0 Å². The lowest BCUT2D eigenvalue weighted by Crippen LogP contribution is -2.25. The minimum Gasteiger partial charge on any atom is -0.492 e. The van der Waals surface area contributed by atoms with Crippen LogP contribution in [0.5, 0.6) is 5.75 Å². The summed E-state index contributed by atoms with van der Waals surface area (Å²) < 4.78 is 5.45. The van der Waals surface area contributed by atoms with Crippen molar-refractivity contribution in [3.05, 3.63) is 18.5 Å². The molecule has 0 aliphatic carbocycles. The van der Waals surface area contributed by atoms with E-state index in [9.17, 15) is 0 Å². The number of aromatic nitrogens is 1. The van der Waals surface area contributed by atoms with Gasteiger partial charge in [0.2, 0.25) is 0 Å². The summed E-state index contributed by atoms with van der Waals surface area (Å²) in [4.78, 5) is 10.8. The molecule has 1 aliphatic heterocycles. The maximum absolute atomic E-state index is 5.45. The Morgan fingerprint density at radius 3 is 3.25 bits per heavy atom. The van der Waals surface area contributed by atoms with Crippen molar-refractivity contribution in [3.63, 3.8) is 0 Å². The van der Waals surface area contributed by atoms with E-state index < -0.39 is 0 Å². The van der Waals surface area contributed by atoms with E-state index in [0.717, 1.165) is 37.5 Å². The number of pyridine rings is 1. The number of anilines is 1. The molecule has 0 spiro atoms. The highest BCUT2D eigenvalue weighted by Crippen LogP contribution is 2.19. The van der Waals surface area contributed by atoms with Gasteiger partial charge in [-0.25, -0.2) is 0 Å². The van der Waals surface area contributed by atoms with Crippen molar-refractivity contribution in [3.8, 4) is 5.75 Å². The Kier molecular flexibility index (Phi) is 3.75. The molecular formula is C12H17N3O. The zero-order chi connectivity index (χ0) is 11.2. The van der Waals surface area contributed by atoms with E-state index in [2.05, 4.69) is 14.9 Å². The predicted molar refractivity (Wildman–Crippen MR) is 65.6 cm³/mol. The molecule has 86 valence electrons. The van der Waals surface area contributed by atoms with Gasteiger partial charge in [0.25, 0.3) is 0 Å². The number of aliphatic imine (C=N–C) groups is 1. The van der Waals surface area contributed by atoms with Crippen molar-refractivity contribution >= 4 is 11.9 Å². The molecule has 0 saturated carbocycles. The monoisotopic (exact) mass is 219 g/mol. The van der Waals surface area contributed by atoms with E-state index >= 15 is 0 Å². The Morgan fingerprint density at radius 1 is 1.44 bits per heavy atom. The van der Waals surface area contributed by atoms with E-state index in [1.54, 1.807) is 6.20 Å². The van der Waals surface area contributed by atoms with Gasteiger partial charge in [0.05, 0.1) is 31.2 Å². The third-order valence-corrected chi connectivity index (χ3v) is 2.52. The summed E-state index contributed by atoms with van der Waals surface area (Å²) in [5, 5.41) is 0. The maximum Gasteiger partial charge on any atom is 0.139 e. The van der Waals surface area contributed by atoms with E-state index in [0.29, 0.717) is 6.61 Å². The number of ether oxygens (including phenoxy) is 1. The number of rotatable bonds is 3. The standard InChI is InChI=1S/C12H17N3O/c1-2-16-12-8-11(9-14-10-12)15-6-3-4-13-5-7-15/h5,8-10H,2-4,6-7H2,1H3. The molecule has 0 N–H and O–H groups in total. The van der Waals surface area contributed by atoms with Gasteiger partial charge in [-0.15, -0.1) is 0 Å². The molecule has 0 atom stereocenters. The second-order valence-electron chi connectivity index (χ2n) is 3.70. The molecule has 0 fully saturated rings. The zero-order valence-electron chi connectivity index (χ0n) is 9.59. The van der Waals surface area contributed by atoms with Crippen molar-refractivity contribution in [2.45, 2.75) is 13.3 Å². The molecule has 16 heavy (non-hydrogen) atoms. The Hall–Kier alpha value is -1.58. The molecule has 1 aliphatic rings. The topological polar surface area (TPSA) is 37.7 Å². The van der Waals surface area contributed by atoms with Crippen molar-refractivity contribution in [1.82, 2.24) is 4.98 Å². The molecular weight excluding hydrogens is 202 g/mol. The van der Waals surface area contributed by atoms with Crippen LogP contribution in [0.25, 0.3) is 0 Å². The van der Waals surface area contributed by atoms with Gasteiger partial charge in [0.15, 0.2) is 0 Å². The molecule has 2 heterocycles. The summed E-state index contributed by atoms with van der Waals surface area (Å²) in [6, 6.07) is 2.04. The van der Waals surface area contributed by atoms with Crippen LogP contribution >= 0.6 is 0 Å². The molecule has 0 amide bonds. The lowest BCUT2D eigenvalue weighted by Gasteiger charge is -2.21. The Labute approximate surface area is 96.0 Å². The molecule has 0 unspecified atom stereocenters. The predicted octanol–water partition coefficient (Wildman–Crippen LogP) is 1.76. The van der Waals surface area contributed by atoms with Crippen LogP contribution in [0.15, 0.2) is 23.5 Å². The van der Waals surface area contributed by atoms with Gasteiger partial charge in [-0.05, 0) is 13.3 Å². The summed E-state index contributed by atoms with van der Waals surface area (Å²) in [7, 11) is 0. The van der Waals surface area contributed by atoms with Gasteiger partial charge in [-0.1, -0.05) is 0 Å². The molecule has 0 radical (unpaired) electrons. The van der Waals surface area contributed by atoms with Gasteiger partial charge in [0.1, 0.15) is 5.75 Å². The first kappa shape index (κ1) is 10.9. The quantitative estimate of drug-likeness (QED) is 0.777. The average molecular weight is 219 g/mol. The van der Waals surface area contributed by atoms with Crippen molar-refractivity contribution in [2.24, 2.45) is 4.99 Å². The molecule has 4 heteroatoms. The molecule has 0 aromatic carbocycles. The first-order valence-electron chi connectivity index (χ1n) is 5.71. The summed E-state index contributed by atoms with van der Waals surface area (Å²) in [6.07, 6.45) is 6.69. The molecule has 1 aromatic rings. The van der Waals surface area contributed by atoms with Gasteiger partial charge < -0.3 is 9.64 Å². The molecule has 2 rings (SSSR count). The zero-order valence-corrected chi connectivity index (χ0v) is 9.59. The third-order valence-electron chi connectivity index (χ3n) is 2.52. The van der Waals surface area contributed by atoms with Gasteiger partial charge in [-0.3, -0.25) is 9.98 Å². The summed E-state index contributed by atoms with van der Waals surface area (Å²) in [6.45, 7) is 5.46. The first-order valence-corrected chi connectivity index (χ1v) is 5.71. The van der Waals surface area contributed by atoms with Crippen molar-refractivity contribution in [1.29, 1.82) is 0 Å². The molecule has 4 nitrogen and oxygen atoms in total. The van der Waals surface area contributed by atoms with Crippen LogP contribution in [-0.4, -0.2) is 37.4 Å². The highest BCUT2D eigenvalue weighted by molar-refractivity contribution is 5.66. The van der Waals surface area contributed by atoms with E-state index in [-0.39, 0.29) is 0 Å². The number of hydrogen-bond acceptors (Lipinski definition) is 4. The van der Waals surface area contributed by atoms with E-state index in [1.807, 2.05) is 25.4 Å². The van der Waals surface area contributed by atoms with Crippen LogP contribution in [-0.2, 0) is 0 Å². The van der Waals surface area contributed by atoms with Crippen molar-refractivity contribution < 1.29 is 4.74 Å². The molecule has 0 saturated heterocycles. The minimum absolute atomic E-state index is 0.673. The van der Waals surface area contributed by atoms with Crippen LogP contribution in [0.3, 0.4) is 0 Å². The van der Waals surface area contributed by atoms with Crippen molar-refractivity contribution in [2.75, 3.05) is 31.1 Å². The van der Waals surface area contributed by atoms with Gasteiger partial charge >= 0.3 is 0 Å². The van der Waals surface area contributed by atoms with Crippen LogP contribution in [0.1, 0.15) is 13.3 Å². The second-order valence-corrected chi connectivity index (χ2v) is 3.70. The minimum atomic E-state index is 0.673. The third kappa shape index (κ3) is 2.72. The summed E-state index contributed by atoms with van der Waals surface area (Å²) in [5.74, 6) is 0.834. The normalized spacial score (nSPS) is 15.9. The molecule has 0 bridgehead atoms. The van der Waals surface area contributed by atoms with Crippen LogP contribution in [0.2, 0.25) is 0 Å². The van der Waals surface area contributed by atoms with Crippen LogP contribution in [0, 0.1) is 0 Å². The largest absolute Gasteiger partial charge is 0.492 e. The van der Waals surface area contributed by atoms with Crippen LogP contribution < -0.4 is 9.64 Å².